The molecule has 4 rings (SSSR count). The minimum atomic E-state index is -3.10. The molecule has 0 bridgehead atoms. The molecule has 1 unspecified atom stereocenters. The van der Waals surface area contributed by atoms with Crippen LogP contribution in [-0.2, 0) is 23.1 Å². The molecule has 1 N–H and O–H groups in total. The summed E-state index contributed by atoms with van der Waals surface area (Å²) in [6.07, 6.45) is 4.21. The SMILES string of the molecule is O=S(=O)(NCCC1CN(Cc2cccs2)Cc2ccnn21)C1CC1. The predicted octanol–water partition coefficient (Wildman–Crippen LogP) is 1.97. The molecule has 0 aromatic carbocycles. The monoisotopic (exact) mass is 366 g/mol. The van der Waals surface area contributed by atoms with Gasteiger partial charge in [-0.3, -0.25) is 9.58 Å². The fourth-order valence-corrected chi connectivity index (χ4v) is 5.43. The Kier molecular flexibility index (Phi) is 4.46. The van der Waals surface area contributed by atoms with Gasteiger partial charge in [-0.2, -0.15) is 5.10 Å². The highest BCUT2D eigenvalue weighted by atomic mass is 32.2. The van der Waals surface area contributed by atoms with Crippen LogP contribution >= 0.6 is 11.3 Å². The summed E-state index contributed by atoms with van der Waals surface area (Å²) < 4.78 is 28.8. The third kappa shape index (κ3) is 3.56. The van der Waals surface area contributed by atoms with Crippen molar-refractivity contribution in [2.75, 3.05) is 13.1 Å². The van der Waals surface area contributed by atoms with E-state index in [-0.39, 0.29) is 11.3 Å². The molecule has 0 spiro atoms. The molecule has 1 fully saturated rings. The van der Waals surface area contributed by atoms with Gasteiger partial charge in [0.05, 0.1) is 17.0 Å². The van der Waals surface area contributed by atoms with Crippen molar-refractivity contribution in [3.8, 4) is 0 Å². The minimum absolute atomic E-state index is 0.153. The summed E-state index contributed by atoms with van der Waals surface area (Å²) in [6.45, 7) is 3.21. The number of sulfonamides is 1. The second-order valence-electron chi connectivity index (χ2n) is 6.60. The zero-order valence-corrected chi connectivity index (χ0v) is 15.1. The topological polar surface area (TPSA) is 67.2 Å². The lowest BCUT2D eigenvalue weighted by Gasteiger charge is -2.33. The largest absolute Gasteiger partial charge is 0.290 e. The van der Waals surface area contributed by atoms with Crippen molar-refractivity contribution in [1.82, 2.24) is 19.4 Å². The van der Waals surface area contributed by atoms with E-state index in [0.717, 1.165) is 38.9 Å². The molecular formula is C16H22N4O2S2. The highest BCUT2D eigenvalue weighted by Gasteiger charge is 2.35. The molecule has 3 heterocycles. The number of aromatic nitrogens is 2. The van der Waals surface area contributed by atoms with Crippen LogP contribution in [0, 0.1) is 0 Å². The molecule has 8 heteroatoms. The van der Waals surface area contributed by atoms with E-state index in [0.29, 0.717) is 6.54 Å². The number of hydrogen-bond acceptors (Lipinski definition) is 5. The van der Waals surface area contributed by atoms with Gasteiger partial charge in [-0.15, -0.1) is 11.3 Å². The Morgan fingerprint density at radius 3 is 2.96 bits per heavy atom. The van der Waals surface area contributed by atoms with Crippen LogP contribution in [0.25, 0.3) is 0 Å². The van der Waals surface area contributed by atoms with Gasteiger partial charge in [-0.05, 0) is 36.8 Å². The van der Waals surface area contributed by atoms with Gasteiger partial charge in [0, 0.05) is 37.3 Å². The third-order valence-corrected chi connectivity index (χ3v) is 7.47. The molecule has 0 radical (unpaired) electrons. The fraction of sp³-hybridized carbons (Fsp3) is 0.562. The highest BCUT2D eigenvalue weighted by molar-refractivity contribution is 7.90. The van der Waals surface area contributed by atoms with Crippen molar-refractivity contribution < 1.29 is 8.42 Å². The number of thiophene rings is 1. The Bertz CT molecular complexity index is 781. The summed E-state index contributed by atoms with van der Waals surface area (Å²) in [7, 11) is -3.10. The van der Waals surface area contributed by atoms with E-state index >= 15 is 0 Å². The Morgan fingerprint density at radius 1 is 1.33 bits per heavy atom. The smallest absolute Gasteiger partial charge is 0.214 e. The van der Waals surface area contributed by atoms with Gasteiger partial charge >= 0.3 is 0 Å². The first-order valence-electron chi connectivity index (χ1n) is 8.37. The average Bonchev–Trinajstić information content (AvgIpc) is 3.11. The molecule has 0 saturated heterocycles. The summed E-state index contributed by atoms with van der Waals surface area (Å²) >= 11 is 1.78. The van der Waals surface area contributed by atoms with E-state index in [1.807, 2.05) is 6.20 Å². The molecule has 130 valence electrons. The molecule has 1 aliphatic heterocycles. The summed E-state index contributed by atoms with van der Waals surface area (Å²) in [5.41, 5.74) is 1.20. The molecule has 1 atom stereocenters. The van der Waals surface area contributed by atoms with Crippen LogP contribution in [0.5, 0.6) is 0 Å². The quantitative estimate of drug-likeness (QED) is 0.814. The molecule has 1 saturated carbocycles. The maximum Gasteiger partial charge on any atom is 0.214 e. The first-order chi connectivity index (χ1) is 11.6. The second-order valence-corrected chi connectivity index (χ2v) is 9.67. The van der Waals surface area contributed by atoms with E-state index in [4.69, 9.17) is 0 Å². The lowest BCUT2D eigenvalue weighted by atomic mass is 10.1. The van der Waals surface area contributed by atoms with Gasteiger partial charge in [0.25, 0.3) is 0 Å². The van der Waals surface area contributed by atoms with E-state index < -0.39 is 10.0 Å². The molecule has 2 aromatic heterocycles. The summed E-state index contributed by atoms with van der Waals surface area (Å²) in [6, 6.07) is 6.51. The highest BCUT2D eigenvalue weighted by Crippen LogP contribution is 2.28. The van der Waals surface area contributed by atoms with Crippen molar-refractivity contribution in [2.45, 2.75) is 43.6 Å². The summed E-state index contributed by atoms with van der Waals surface area (Å²) in [5.74, 6) is 0. The molecule has 24 heavy (non-hydrogen) atoms. The molecule has 0 amide bonds. The molecule has 1 aliphatic carbocycles. The Labute approximate surface area is 146 Å². The van der Waals surface area contributed by atoms with Crippen molar-refractivity contribution in [2.24, 2.45) is 0 Å². The van der Waals surface area contributed by atoms with Crippen LogP contribution in [0.4, 0.5) is 0 Å². The van der Waals surface area contributed by atoms with E-state index in [9.17, 15) is 8.42 Å². The summed E-state index contributed by atoms with van der Waals surface area (Å²) in [5, 5.41) is 6.40. The van der Waals surface area contributed by atoms with E-state index in [2.05, 4.69) is 43.0 Å². The maximum atomic E-state index is 12.0. The normalized spacial score (nSPS) is 21.8. The van der Waals surface area contributed by atoms with Crippen LogP contribution < -0.4 is 4.72 Å². The molecule has 6 nitrogen and oxygen atoms in total. The first kappa shape index (κ1) is 16.3. The fourth-order valence-electron chi connectivity index (χ4n) is 3.29. The maximum absolute atomic E-state index is 12.0. The van der Waals surface area contributed by atoms with Crippen molar-refractivity contribution in [3.63, 3.8) is 0 Å². The van der Waals surface area contributed by atoms with Gasteiger partial charge in [0.15, 0.2) is 0 Å². The van der Waals surface area contributed by atoms with Gasteiger partial charge in [0.1, 0.15) is 0 Å². The molecule has 2 aromatic rings. The standard InChI is InChI=1S/C16H22N4O2S2/c21-24(22,16-3-4-16)18-8-6-14-11-19(12-15-2-1-9-23-15)10-13-5-7-17-20(13)14/h1-2,5,7,9,14,16,18H,3-4,6,8,10-12H2. The van der Waals surface area contributed by atoms with Crippen molar-refractivity contribution >= 4 is 21.4 Å². The lowest BCUT2D eigenvalue weighted by molar-refractivity contribution is 0.163. The number of hydrogen-bond donors (Lipinski definition) is 1. The zero-order valence-electron chi connectivity index (χ0n) is 13.5. The molecular weight excluding hydrogens is 344 g/mol. The average molecular weight is 367 g/mol. The van der Waals surface area contributed by atoms with Crippen molar-refractivity contribution in [3.05, 3.63) is 40.3 Å². The van der Waals surface area contributed by atoms with Gasteiger partial charge < -0.3 is 0 Å². The predicted molar refractivity (Wildman–Crippen MR) is 94.3 cm³/mol. The summed E-state index contributed by atoms with van der Waals surface area (Å²) in [4.78, 5) is 3.78. The lowest BCUT2D eigenvalue weighted by Crippen LogP contribution is -2.39. The third-order valence-electron chi connectivity index (χ3n) is 4.66. The Balaban J connectivity index is 1.39. The van der Waals surface area contributed by atoms with Crippen LogP contribution in [0.15, 0.2) is 29.8 Å². The van der Waals surface area contributed by atoms with E-state index in [1.54, 1.807) is 11.3 Å². The van der Waals surface area contributed by atoms with Gasteiger partial charge in [-0.1, -0.05) is 6.07 Å². The Hall–Kier alpha value is -1.22. The number of fused-ring (bicyclic) bond motifs is 1. The Morgan fingerprint density at radius 2 is 2.21 bits per heavy atom. The van der Waals surface area contributed by atoms with Crippen LogP contribution in [-0.4, -0.2) is 41.4 Å². The van der Waals surface area contributed by atoms with Crippen LogP contribution in [0.2, 0.25) is 0 Å². The second kappa shape index (κ2) is 6.59. The van der Waals surface area contributed by atoms with Gasteiger partial charge in [-0.25, -0.2) is 13.1 Å². The minimum Gasteiger partial charge on any atom is -0.290 e. The number of nitrogens with zero attached hydrogens (tertiary/aromatic N) is 3. The van der Waals surface area contributed by atoms with Crippen LogP contribution in [0.1, 0.15) is 35.9 Å². The number of rotatable bonds is 7. The zero-order chi connectivity index (χ0) is 16.6. The van der Waals surface area contributed by atoms with Crippen LogP contribution in [0.3, 0.4) is 0 Å². The van der Waals surface area contributed by atoms with E-state index in [1.165, 1.54) is 10.6 Å². The van der Waals surface area contributed by atoms with Crippen molar-refractivity contribution in [1.29, 1.82) is 0 Å². The first-order valence-corrected chi connectivity index (χ1v) is 10.8. The molecule has 2 aliphatic rings. The van der Waals surface area contributed by atoms with Gasteiger partial charge in [0.2, 0.25) is 10.0 Å². The number of nitrogens with one attached hydrogen (secondary N) is 1.